The summed E-state index contributed by atoms with van der Waals surface area (Å²) in [6, 6.07) is 0.659. The molecule has 1 aliphatic carbocycles. The highest BCUT2D eigenvalue weighted by molar-refractivity contribution is 5.01. The number of hydrogen-bond acceptors (Lipinski definition) is 2. The maximum Gasteiger partial charge on any atom is 0.137 e. The zero-order valence-corrected chi connectivity index (χ0v) is 7.81. The first-order chi connectivity index (χ1) is 5.58. The van der Waals surface area contributed by atoms with E-state index in [4.69, 9.17) is 0 Å². The van der Waals surface area contributed by atoms with Gasteiger partial charge in [-0.1, -0.05) is 0 Å². The molecular weight excluding hydrogens is 155 g/mol. The zero-order chi connectivity index (χ0) is 8.77. The molecule has 2 atom stereocenters. The molecule has 12 heavy (non-hydrogen) atoms. The van der Waals surface area contributed by atoms with Crippen molar-refractivity contribution in [1.29, 1.82) is 0 Å². The van der Waals surface area contributed by atoms with Crippen molar-refractivity contribution >= 4 is 0 Å². The van der Waals surface area contributed by atoms with Crippen LogP contribution < -0.4 is 5.32 Å². The number of likely N-dealkylation sites (N-methyl/N-ethyl adjacent to an activating group) is 1. The van der Waals surface area contributed by atoms with Crippen molar-refractivity contribution in [1.82, 2.24) is 10.2 Å². The monoisotopic (exact) mass is 172 g/mol. The average Bonchev–Trinajstić information content (AvgIpc) is 2.63. The molecule has 1 aliphatic heterocycles. The molecular formula is C9H17FN2. The lowest BCUT2D eigenvalue weighted by molar-refractivity contribution is 0.163. The summed E-state index contributed by atoms with van der Waals surface area (Å²) in [7, 11) is 1.98. The number of nitrogens with zero attached hydrogens (tertiary/aromatic N) is 1. The van der Waals surface area contributed by atoms with Crippen molar-refractivity contribution in [3.05, 3.63) is 0 Å². The molecule has 2 fully saturated rings. The summed E-state index contributed by atoms with van der Waals surface area (Å²) in [6.45, 7) is 3.12. The van der Waals surface area contributed by atoms with Crippen molar-refractivity contribution in [3.8, 4) is 0 Å². The van der Waals surface area contributed by atoms with E-state index < -0.39 is 5.67 Å². The summed E-state index contributed by atoms with van der Waals surface area (Å²) in [5, 5.41) is 3.36. The van der Waals surface area contributed by atoms with E-state index in [1.54, 1.807) is 6.92 Å². The standard InChI is InChI=1S/C9H17FN2/c1-9(10)6-12(2)5-8(9)11-7-3-4-7/h7-8,11H,3-6H2,1-2H3. The minimum Gasteiger partial charge on any atom is -0.307 e. The molecule has 2 aliphatic rings. The van der Waals surface area contributed by atoms with Crippen molar-refractivity contribution in [2.75, 3.05) is 20.1 Å². The summed E-state index contributed by atoms with van der Waals surface area (Å²) in [4.78, 5) is 2.06. The second kappa shape index (κ2) is 2.67. The van der Waals surface area contributed by atoms with Crippen LogP contribution in [0.25, 0.3) is 0 Å². The van der Waals surface area contributed by atoms with Crippen molar-refractivity contribution in [3.63, 3.8) is 0 Å². The van der Waals surface area contributed by atoms with Crippen LogP contribution in [-0.2, 0) is 0 Å². The van der Waals surface area contributed by atoms with Gasteiger partial charge in [0.25, 0.3) is 0 Å². The van der Waals surface area contributed by atoms with Crippen LogP contribution in [0, 0.1) is 0 Å². The highest BCUT2D eigenvalue weighted by Gasteiger charge is 2.43. The Labute approximate surface area is 73.1 Å². The van der Waals surface area contributed by atoms with Gasteiger partial charge in [-0.25, -0.2) is 4.39 Å². The molecule has 1 N–H and O–H groups in total. The van der Waals surface area contributed by atoms with E-state index in [0.717, 1.165) is 6.54 Å². The smallest absolute Gasteiger partial charge is 0.137 e. The van der Waals surface area contributed by atoms with E-state index in [9.17, 15) is 4.39 Å². The van der Waals surface area contributed by atoms with Crippen LogP contribution in [0.5, 0.6) is 0 Å². The Morgan fingerprint density at radius 2 is 2.17 bits per heavy atom. The van der Waals surface area contributed by atoms with Gasteiger partial charge >= 0.3 is 0 Å². The molecule has 70 valence electrons. The first-order valence-corrected chi connectivity index (χ1v) is 4.71. The number of hydrogen-bond donors (Lipinski definition) is 1. The fraction of sp³-hybridized carbons (Fsp3) is 1.00. The van der Waals surface area contributed by atoms with Gasteiger partial charge in [-0.15, -0.1) is 0 Å². The first-order valence-electron chi connectivity index (χ1n) is 4.71. The van der Waals surface area contributed by atoms with Crippen LogP contribution in [-0.4, -0.2) is 42.8 Å². The molecule has 0 aromatic carbocycles. The quantitative estimate of drug-likeness (QED) is 0.662. The molecule has 1 saturated carbocycles. The topological polar surface area (TPSA) is 15.3 Å². The molecule has 0 aromatic heterocycles. The Morgan fingerprint density at radius 3 is 2.58 bits per heavy atom. The van der Waals surface area contributed by atoms with Crippen LogP contribution in [0.4, 0.5) is 4.39 Å². The van der Waals surface area contributed by atoms with Crippen molar-refractivity contribution in [2.45, 2.75) is 37.5 Å². The molecule has 0 radical (unpaired) electrons. The van der Waals surface area contributed by atoms with Gasteiger partial charge in [-0.2, -0.15) is 0 Å². The maximum absolute atomic E-state index is 13.8. The number of likely N-dealkylation sites (tertiary alicyclic amines) is 1. The van der Waals surface area contributed by atoms with E-state index in [2.05, 4.69) is 10.2 Å². The first kappa shape index (κ1) is 8.45. The predicted octanol–water partition coefficient (Wildman–Crippen LogP) is 0.781. The molecule has 1 saturated heterocycles. The predicted molar refractivity (Wildman–Crippen MR) is 47.0 cm³/mol. The lowest BCUT2D eigenvalue weighted by Crippen LogP contribution is -2.45. The maximum atomic E-state index is 13.8. The van der Waals surface area contributed by atoms with Gasteiger partial charge in [-0.3, -0.25) is 0 Å². The Kier molecular flexibility index (Phi) is 1.88. The van der Waals surface area contributed by atoms with E-state index in [0.29, 0.717) is 12.6 Å². The zero-order valence-electron chi connectivity index (χ0n) is 7.81. The van der Waals surface area contributed by atoms with E-state index in [1.165, 1.54) is 12.8 Å². The minimum atomic E-state index is -1.03. The second-order valence-corrected chi connectivity index (χ2v) is 4.47. The van der Waals surface area contributed by atoms with Gasteiger partial charge in [-0.05, 0) is 26.8 Å². The molecule has 0 amide bonds. The lowest BCUT2D eigenvalue weighted by atomic mass is 10.0. The molecule has 2 nitrogen and oxygen atoms in total. The summed E-state index contributed by atoms with van der Waals surface area (Å²) in [6.07, 6.45) is 2.46. The molecule has 0 bridgehead atoms. The highest BCUT2D eigenvalue weighted by atomic mass is 19.1. The summed E-state index contributed by atoms with van der Waals surface area (Å²) >= 11 is 0. The third-order valence-corrected chi connectivity index (χ3v) is 2.81. The van der Waals surface area contributed by atoms with E-state index in [-0.39, 0.29) is 6.04 Å². The van der Waals surface area contributed by atoms with Crippen molar-refractivity contribution in [2.24, 2.45) is 0 Å². The van der Waals surface area contributed by atoms with Gasteiger partial charge < -0.3 is 10.2 Å². The Morgan fingerprint density at radius 1 is 1.50 bits per heavy atom. The summed E-state index contributed by atoms with van der Waals surface area (Å²) < 4.78 is 13.8. The van der Waals surface area contributed by atoms with Gasteiger partial charge in [0.1, 0.15) is 5.67 Å². The van der Waals surface area contributed by atoms with Crippen LogP contribution in [0.15, 0.2) is 0 Å². The number of rotatable bonds is 2. The normalized spacial score (nSPS) is 43.8. The summed E-state index contributed by atoms with van der Waals surface area (Å²) in [5.74, 6) is 0. The third kappa shape index (κ3) is 1.62. The molecule has 0 aromatic rings. The number of alkyl halides is 1. The molecule has 3 heteroatoms. The second-order valence-electron chi connectivity index (χ2n) is 4.47. The van der Waals surface area contributed by atoms with E-state index in [1.807, 2.05) is 7.05 Å². The molecule has 2 unspecified atom stereocenters. The largest absolute Gasteiger partial charge is 0.307 e. The van der Waals surface area contributed by atoms with Gasteiger partial charge in [0.15, 0.2) is 0 Å². The summed E-state index contributed by atoms with van der Waals surface area (Å²) in [5.41, 5.74) is -1.03. The fourth-order valence-corrected chi connectivity index (χ4v) is 1.97. The van der Waals surface area contributed by atoms with Crippen molar-refractivity contribution < 1.29 is 4.39 Å². The molecule has 2 rings (SSSR count). The van der Waals surface area contributed by atoms with Crippen LogP contribution in [0.2, 0.25) is 0 Å². The van der Waals surface area contributed by atoms with Gasteiger partial charge in [0.05, 0.1) is 6.04 Å². The van der Waals surface area contributed by atoms with Crippen LogP contribution in [0.3, 0.4) is 0 Å². The molecule has 1 heterocycles. The molecule has 0 spiro atoms. The Balaban J connectivity index is 1.93. The minimum absolute atomic E-state index is 0.0509. The third-order valence-electron chi connectivity index (χ3n) is 2.81. The Hall–Kier alpha value is -0.150. The number of halogens is 1. The Bertz CT molecular complexity index is 177. The van der Waals surface area contributed by atoms with E-state index >= 15 is 0 Å². The highest BCUT2D eigenvalue weighted by Crippen LogP contribution is 2.28. The van der Waals surface area contributed by atoms with Gasteiger partial charge in [0, 0.05) is 19.1 Å². The van der Waals surface area contributed by atoms with Gasteiger partial charge in [0.2, 0.25) is 0 Å². The van der Waals surface area contributed by atoms with Crippen LogP contribution in [0.1, 0.15) is 19.8 Å². The van der Waals surface area contributed by atoms with Crippen LogP contribution >= 0.6 is 0 Å². The average molecular weight is 172 g/mol. The number of nitrogens with one attached hydrogen (secondary N) is 1. The fourth-order valence-electron chi connectivity index (χ4n) is 1.97. The SMILES string of the molecule is CN1CC(NC2CC2)C(C)(F)C1. The lowest BCUT2D eigenvalue weighted by Gasteiger charge is -2.22.